The first-order chi connectivity index (χ1) is 10.6. The van der Waals surface area contributed by atoms with E-state index in [1.807, 2.05) is 6.20 Å². The fraction of sp³-hybridized carbons (Fsp3) is 0.500. The highest BCUT2D eigenvalue weighted by Gasteiger charge is 2.15. The average Bonchev–Trinajstić information content (AvgIpc) is 2.52. The summed E-state index contributed by atoms with van der Waals surface area (Å²) in [6, 6.07) is 5.23. The van der Waals surface area contributed by atoms with Crippen LogP contribution in [0.15, 0.2) is 30.5 Å². The summed E-state index contributed by atoms with van der Waals surface area (Å²) in [5.41, 5.74) is 0.678. The highest BCUT2D eigenvalue weighted by molar-refractivity contribution is 7.99. The van der Waals surface area contributed by atoms with Crippen molar-refractivity contribution in [2.24, 2.45) is 5.84 Å². The maximum Gasteiger partial charge on any atom is 0.128 e. The molecular formula is C16H23ClFN3S. The number of nitrogens with one attached hydrogen (secondary N) is 1. The summed E-state index contributed by atoms with van der Waals surface area (Å²) in [6.07, 6.45) is 6.16. The van der Waals surface area contributed by atoms with Gasteiger partial charge in [0.25, 0.3) is 0 Å². The van der Waals surface area contributed by atoms with Gasteiger partial charge in [0.2, 0.25) is 0 Å². The van der Waals surface area contributed by atoms with Gasteiger partial charge in [0.15, 0.2) is 0 Å². The summed E-state index contributed by atoms with van der Waals surface area (Å²) in [5.74, 6) is 6.45. The Balaban J connectivity index is 1.79. The summed E-state index contributed by atoms with van der Waals surface area (Å²) in [6.45, 7) is 4.13. The van der Waals surface area contributed by atoms with Crippen LogP contribution in [-0.4, -0.2) is 29.4 Å². The molecule has 1 heterocycles. The highest BCUT2D eigenvalue weighted by atomic mass is 35.5. The summed E-state index contributed by atoms with van der Waals surface area (Å²) in [4.78, 5) is 0. The lowest BCUT2D eigenvalue weighted by atomic mass is 10.1. The molecule has 0 spiro atoms. The van der Waals surface area contributed by atoms with E-state index in [9.17, 15) is 4.39 Å². The van der Waals surface area contributed by atoms with Gasteiger partial charge >= 0.3 is 0 Å². The quantitative estimate of drug-likeness (QED) is 0.612. The van der Waals surface area contributed by atoms with Gasteiger partial charge in [0, 0.05) is 28.3 Å². The van der Waals surface area contributed by atoms with Crippen molar-refractivity contribution in [2.45, 2.75) is 36.8 Å². The second kappa shape index (κ2) is 8.77. The van der Waals surface area contributed by atoms with Crippen molar-refractivity contribution in [1.29, 1.82) is 0 Å². The molecular weight excluding hydrogens is 321 g/mol. The molecule has 0 aliphatic carbocycles. The zero-order chi connectivity index (χ0) is 15.9. The number of thioether (sulfide) groups is 1. The lowest BCUT2D eigenvalue weighted by molar-refractivity contribution is 0.230. The summed E-state index contributed by atoms with van der Waals surface area (Å²) < 4.78 is 13.7. The Labute approximate surface area is 141 Å². The fourth-order valence-electron chi connectivity index (χ4n) is 2.36. The standard InChI is InChI=1S/C16H23ClFN3S/c1-12(6-9-21(19)15-4-7-20-8-5-15)22-11-13-2-3-14(17)10-16(13)18/h2-3,6,9-10,12,15,20H,4-5,7-8,11,19H2,1H3/b9-6-. The lowest BCUT2D eigenvalue weighted by Crippen LogP contribution is -2.43. The minimum atomic E-state index is -0.244. The third-order valence-corrected chi connectivity index (χ3v) is 5.17. The Bertz CT molecular complexity index is 506. The number of piperidine rings is 1. The van der Waals surface area contributed by atoms with Crippen LogP contribution in [0, 0.1) is 5.82 Å². The molecule has 122 valence electrons. The number of hydrogen-bond donors (Lipinski definition) is 2. The Morgan fingerprint density at radius 3 is 2.91 bits per heavy atom. The molecule has 2 rings (SSSR count). The maximum atomic E-state index is 13.7. The molecule has 0 aromatic heterocycles. The van der Waals surface area contributed by atoms with Crippen molar-refractivity contribution in [3.05, 3.63) is 46.9 Å². The highest BCUT2D eigenvalue weighted by Crippen LogP contribution is 2.23. The molecule has 0 amide bonds. The average molecular weight is 344 g/mol. The number of nitrogens with two attached hydrogens (primary N) is 1. The van der Waals surface area contributed by atoms with Crippen LogP contribution in [0.4, 0.5) is 4.39 Å². The van der Waals surface area contributed by atoms with Crippen LogP contribution in [0.5, 0.6) is 0 Å². The molecule has 1 atom stereocenters. The van der Waals surface area contributed by atoms with Crippen LogP contribution >= 0.6 is 23.4 Å². The van der Waals surface area contributed by atoms with Gasteiger partial charge in [-0.2, -0.15) is 0 Å². The molecule has 22 heavy (non-hydrogen) atoms. The zero-order valence-corrected chi connectivity index (χ0v) is 14.3. The number of hydrazine groups is 1. The second-order valence-corrected chi connectivity index (χ2v) is 7.32. The lowest BCUT2D eigenvalue weighted by Gasteiger charge is -2.30. The van der Waals surface area contributed by atoms with Gasteiger partial charge in [-0.05, 0) is 50.6 Å². The Hall–Kier alpha value is -0.750. The van der Waals surface area contributed by atoms with Crippen molar-refractivity contribution in [3.8, 4) is 0 Å². The molecule has 1 aromatic rings. The molecule has 3 N–H and O–H groups in total. The minimum Gasteiger partial charge on any atom is -0.317 e. The van der Waals surface area contributed by atoms with E-state index in [4.69, 9.17) is 17.4 Å². The molecule has 6 heteroatoms. The fourth-order valence-corrected chi connectivity index (χ4v) is 3.38. The van der Waals surface area contributed by atoms with Crippen LogP contribution in [-0.2, 0) is 5.75 Å². The number of nitrogens with zero attached hydrogens (tertiary/aromatic N) is 1. The van der Waals surface area contributed by atoms with E-state index in [-0.39, 0.29) is 11.1 Å². The molecule has 1 fully saturated rings. The van der Waals surface area contributed by atoms with Crippen LogP contribution in [0.2, 0.25) is 5.02 Å². The van der Waals surface area contributed by atoms with E-state index < -0.39 is 0 Å². The van der Waals surface area contributed by atoms with Gasteiger partial charge in [-0.1, -0.05) is 23.7 Å². The Morgan fingerprint density at radius 2 is 2.23 bits per heavy atom. The van der Waals surface area contributed by atoms with Crippen LogP contribution < -0.4 is 11.2 Å². The van der Waals surface area contributed by atoms with E-state index in [0.29, 0.717) is 22.4 Å². The van der Waals surface area contributed by atoms with Crippen molar-refractivity contribution in [2.75, 3.05) is 13.1 Å². The minimum absolute atomic E-state index is 0.244. The van der Waals surface area contributed by atoms with Crippen molar-refractivity contribution < 1.29 is 4.39 Å². The third-order valence-electron chi connectivity index (χ3n) is 3.78. The largest absolute Gasteiger partial charge is 0.317 e. The van der Waals surface area contributed by atoms with Gasteiger partial charge in [0.05, 0.1) is 0 Å². The summed E-state index contributed by atoms with van der Waals surface area (Å²) in [7, 11) is 0. The Kier molecular flexibility index (Phi) is 7.02. The van der Waals surface area contributed by atoms with E-state index in [1.54, 1.807) is 28.9 Å². The number of hydrogen-bond acceptors (Lipinski definition) is 4. The molecule has 1 aromatic carbocycles. The Morgan fingerprint density at radius 1 is 1.50 bits per heavy atom. The molecule has 0 saturated carbocycles. The van der Waals surface area contributed by atoms with Crippen molar-refractivity contribution in [3.63, 3.8) is 0 Å². The van der Waals surface area contributed by atoms with Gasteiger partial charge < -0.3 is 10.3 Å². The van der Waals surface area contributed by atoms with Crippen molar-refractivity contribution in [1.82, 2.24) is 10.3 Å². The van der Waals surface area contributed by atoms with E-state index in [1.165, 1.54) is 6.07 Å². The summed E-state index contributed by atoms with van der Waals surface area (Å²) >= 11 is 7.43. The first kappa shape index (κ1) is 17.6. The molecule has 1 aliphatic rings. The van der Waals surface area contributed by atoms with Crippen LogP contribution in [0.25, 0.3) is 0 Å². The number of halogens is 2. The molecule has 0 radical (unpaired) electrons. The molecule has 3 nitrogen and oxygen atoms in total. The molecule has 1 unspecified atom stereocenters. The summed E-state index contributed by atoms with van der Waals surface area (Å²) in [5, 5.41) is 5.83. The zero-order valence-electron chi connectivity index (χ0n) is 12.8. The number of rotatable bonds is 6. The topological polar surface area (TPSA) is 41.3 Å². The van der Waals surface area contributed by atoms with Gasteiger partial charge in [-0.3, -0.25) is 0 Å². The first-order valence-electron chi connectivity index (χ1n) is 7.54. The SMILES string of the molecule is CC(/C=C\N(N)C1CCNCC1)SCc1ccc(Cl)cc1F. The second-order valence-electron chi connectivity index (χ2n) is 5.52. The van der Waals surface area contributed by atoms with Gasteiger partial charge in [0.1, 0.15) is 5.82 Å². The number of benzene rings is 1. The molecule has 0 bridgehead atoms. The van der Waals surface area contributed by atoms with E-state index >= 15 is 0 Å². The smallest absolute Gasteiger partial charge is 0.128 e. The third kappa shape index (κ3) is 5.47. The monoisotopic (exact) mass is 343 g/mol. The molecule has 1 aliphatic heterocycles. The van der Waals surface area contributed by atoms with Crippen molar-refractivity contribution >= 4 is 23.4 Å². The van der Waals surface area contributed by atoms with Crippen LogP contribution in [0.1, 0.15) is 25.3 Å². The predicted molar refractivity (Wildman–Crippen MR) is 93.2 cm³/mol. The van der Waals surface area contributed by atoms with Crippen LogP contribution in [0.3, 0.4) is 0 Å². The van der Waals surface area contributed by atoms with E-state index in [0.717, 1.165) is 25.9 Å². The van der Waals surface area contributed by atoms with Gasteiger partial charge in [-0.15, -0.1) is 11.8 Å². The normalized spacial score (nSPS) is 17.8. The maximum absolute atomic E-state index is 13.7. The molecule has 1 saturated heterocycles. The first-order valence-corrected chi connectivity index (χ1v) is 8.96. The van der Waals surface area contributed by atoms with E-state index in [2.05, 4.69) is 18.3 Å². The predicted octanol–water partition coefficient (Wildman–Crippen LogP) is 3.54. The van der Waals surface area contributed by atoms with Gasteiger partial charge in [-0.25, -0.2) is 10.2 Å².